The van der Waals surface area contributed by atoms with Gasteiger partial charge >= 0.3 is 0 Å². The lowest BCUT2D eigenvalue weighted by Gasteiger charge is -2.26. The van der Waals surface area contributed by atoms with Crippen LogP contribution in [-0.2, 0) is 16.4 Å². The molecule has 160 valence electrons. The zero-order valence-electron chi connectivity index (χ0n) is 17.2. The van der Waals surface area contributed by atoms with Crippen LogP contribution >= 0.6 is 0 Å². The molecule has 0 aromatic heterocycles. The summed E-state index contributed by atoms with van der Waals surface area (Å²) < 4.78 is 34.0. The van der Waals surface area contributed by atoms with E-state index in [1.165, 1.54) is 18.7 Å². The fourth-order valence-corrected chi connectivity index (χ4v) is 6.00. The fourth-order valence-electron chi connectivity index (χ4n) is 4.50. The Balaban J connectivity index is 1.57. The van der Waals surface area contributed by atoms with Gasteiger partial charge in [0.05, 0.1) is 13.2 Å². The van der Waals surface area contributed by atoms with Crippen LogP contribution < -0.4 is 14.8 Å². The van der Waals surface area contributed by atoms with Gasteiger partial charge in [0.2, 0.25) is 10.0 Å². The van der Waals surface area contributed by atoms with Gasteiger partial charge in [-0.2, -0.15) is 0 Å². The fraction of sp³-hybridized carbons (Fsp3) is 0.435. The zero-order chi connectivity index (χ0) is 21.1. The number of nitrogens with one attached hydrogen (secondary N) is 2. The summed E-state index contributed by atoms with van der Waals surface area (Å²) in [5.41, 5.74) is 2.71. The second-order valence-corrected chi connectivity index (χ2v) is 9.77. The molecule has 0 aliphatic heterocycles. The number of fused-ring (bicyclic) bond motifs is 1. The second kappa shape index (κ2) is 8.78. The Bertz CT molecular complexity index is 1030. The third-order valence-electron chi connectivity index (χ3n) is 6.07. The molecular formula is C23H28N2O4S. The molecule has 1 saturated carbocycles. The smallest absolute Gasteiger partial charge is 0.251 e. The molecule has 4 rings (SSSR count). The van der Waals surface area contributed by atoms with Crippen molar-refractivity contribution >= 4 is 15.9 Å². The first-order chi connectivity index (χ1) is 14.5. The Morgan fingerprint density at radius 3 is 2.57 bits per heavy atom. The van der Waals surface area contributed by atoms with Crippen molar-refractivity contribution in [3.05, 3.63) is 59.2 Å². The van der Waals surface area contributed by atoms with Gasteiger partial charge in [0, 0.05) is 11.6 Å². The number of hydrogen-bond donors (Lipinski definition) is 2. The Labute approximate surface area is 178 Å². The van der Waals surface area contributed by atoms with E-state index in [0.717, 1.165) is 50.5 Å². The average Bonchev–Trinajstić information content (AvgIpc) is 3.26. The molecule has 30 heavy (non-hydrogen) atoms. The van der Waals surface area contributed by atoms with Crippen molar-refractivity contribution in [2.75, 3.05) is 7.11 Å². The number of hydrogen-bond acceptors (Lipinski definition) is 4. The number of carbonyl (C=O) groups excluding carboxylic acids is 1. The predicted molar refractivity (Wildman–Crippen MR) is 115 cm³/mol. The molecule has 0 heterocycles. The molecule has 0 radical (unpaired) electrons. The summed E-state index contributed by atoms with van der Waals surface area (Å²) >= 11 is 0. The largest absolute Gasteiger partial charge is 0.495 e. The Morgan fingerprint density at radius 2 is 1.80 bits per heavy atom. The lowest BCUT2D eigenvalue weighted by molar-refractivity contribution is 0.0932. The van der Waals surface area contributed by atoms with Gasteiger partial charge in [0.15, 0.2) is 0 Å². The molecule has 7 heteroatoms. The summed E-state index contributed by atoms with van der Waals surface area (Å²) in [5.74, 6) is -0.0447. The van der Waals surface area contributed by atoms with Gasteiger partial charge in [-0.3, -0.25) is 4.79 Å². The van der Waals surface area contributed by atoms with Gasteiger partial charge in [-0.05, 0) is 61.4 Å². The number of ether oxygens (including phenoxy) is 1. The van der Waals surface area contributed by atoms with Gasteiger partial charge in [-0.1, -0.05) is 37.1 Å². The summed E-state index contributed by atoms with van der Waals surface area (Å²) in [6.45, 7) is 0. The van der Waals surface area contributed by atoms with Gasteiger partial charge < -0.3 is 10.1 Å². The van der Waals surface area contributed by atoms with Crippen LogP contribution in [0.1, 0.15) is 66.1 Å². The molecule has 0 bridgehead atoms. The van der Waals surface area contributed by atoms with E-state index in [1.807, 2.05) is 12.1 Å². The predicted octanol–water partition coefficient (Wildman–Crippen LogP) is 3.72. The van der Waals surface area contributed by atoms with Crippen molar-refractivity contribution in [2.45, 2.75) is 61.9 Å². The summed E-state index contributed by atoms with van der Waals surface area (Å²) in [5, 5.41) is 3.09. The van der Waals surface area contributed by atoms with Crippen LogP contribution in [0.25, 0.3) is 0 Å². The third-order valence-corrected chi connectivity index (χ3v) is 7.61. The highest BCUT2D eigenvalue weighted by Gasteiger charge is 2.27. The van der Waals surface area contributed by atoms with Crippen LogP contribution in [0.4, 0.5) is 0 Å². The zero-order valence-corrected chi connectivity index (χ0v) is 18.0. The number of methoxy groups -OCH3 is 1. The van der Waals surface area contributed by atoms with E-state index in [-0.39, 0.29) is 28.6 Å². The maximum Gasteiger partial charge on any atom is 0.251 e. The molecule has 6 nitrogen and oxygen atoms in total. The third kappa shape index (κ3) is 4.37. The maximum atomic E-state index is 13.0. The van der Waals surface area contributed by atoms with E-state index in [9.17, 15) is 13.2 Å². The minimum absolute atomic E-state index is 0.00796. The van der Waals surface area contributed by atoms with Gasteiger partial charge in [-0.15, -0.1) is 0 Å². The van der Waals surface area contributed by atoms with E-state index in [4.69, 9.17) is 4.74 Å². The van der Waals surface area contributed by atoms with E-state index in [2.05, 4.69) is 22.2 Å². The molecule has 2 N–H and O–H groups in total. The van der Waals surface area contributed by atoms with Gasteiger partial charge in [-0.25, -0.2) is 13.1 Å². The summed E-state index contributed by atoms with van der Waals surface area (Å²) in [7, 11) is -2.35. The molecule has 0 spiro atoms. The Hall–Kier alpha value is -2.38. The second-order valence-electron chi connectivity index (χ2n) is 8.09. The molecule has 1 atom stereocenters. The molecule has 1 amide bonds. The first kappa shape index (κ1) is 20.9. The van der Waals surface area contributed by atoms with Gasteiger partial charge in [0.25, 0.3) is 5.91 Å². The molecule has 2 aromatic rings. The lowest BCUT2D eigenvalue weighted by atomic mass is 9.87. The highest BCUT2D eigenvalue weighted by Crippen LogP contribution is 2.31. The highest BCUT2D eigenvalue weighted by molar-refractivity contribution is 7.89. The number of rotatable bonds is 6. The van der Waals surface area contributed by atoms with Crippen LogP contribution in [0, 0.1) is 0 Å². The number of amides is 1. The van der Waals surface area contributed by atoms with Crippen molar-refractivity contribution in [1.82, 2.24) is 10.0 Å². The molecule has 2 aromatic carbocycles. The normalized spacial score (nSPS) is 19.3. The highest BCUT2D eigenvalue weighted by atomic mass is 32.2. The first-order valence-electron chi connectivity index (χ1n) is 10.6. The van der Waals surface area contributed by atoms with Crippen molar-refractivity contribution < 1.29 is 17.9 Å². The van der Waals surface area contributed by atoms with E-state index < -0.39 is 10.0 Å². The number of carbonyl (C=O) groups is 1. The first-order valence-corrected chi connectivity index (χ1v) is 12.1. The Kier molecular flexibility index (Phi) is 6.11. The molecular weight excluding hydrogens is 400 g/mol. The monoisotopic (exact) mass is 428 g/mol. The standard InChI is InChI=1S/C23H28N2O4S/c1-29-21-14-13-17(15-22(21)30(27,28)25-18-9-3-4-10-18)23(26)24-20-12-6-8-16-7-2-5-11-19(16)20/h2,5,7,11,13-15,18,20,25H,3-4,6,8-10,12H2,1H3,(H,24,26)/t20-/m1/s1. The summed E-state index contributed by atoms with van der Waals surface area (Å²) in [6.07, 6.45) is 6.61. The minimum atomic E-state index is -3.78. The van der Waals surface area contributed by atoms with Crippen molar-refractivity contribution in [3.8, 4) is 5.75 Å². The van der Waals surface area contributed by atoms with Gasteiger partial charge in [0.1, 0.15) is 10.6 Å². The SMILES string of the molecule is COc1ccc(C(=O)N[C@@H]2CCCc3ccccc32)cc1S(=O)(=O)NC1CCCC1. The van der Waals surface area contributed by atoms with E-state index >= 15 is 0 Å². The number of benzene rings is 2. The number of aryl methyl sites for hydroxylation is 1. The van der Waals surface area contributed by atoms with Crippen LogP contribution in [0.3, 0.4) is 0 Å². The average molecular weight is 429 g/mol. The Morgan fingerprint density at radius 1 is 1.03 bits per heavy atom. The van der Waals surface area contributed by atoms with E-state index in [1.54, 1.807) is 12.1 Å². The van der Waals surface area contributed by atoms with Crippen LogP contribution in [0.2, 0.25) is 0 Å². The molecule has 0 unspecified atom stereocenters. The van der Waals surface area contributed by atoms with Crippen molar-refractivity contribution in [3.63, 3.8) is 0 Å². The lowest BCUT2D eigenvalue weighted by Crippen LogP contribution is -2.33. The molecule has 2 aliphatic carbocycles. The molecule has 2 aliphatic rings. The quantitative estimate of drug-likeness (QED) is 0.734. The van der Waals surface area contributed by atoms with Crippen LogP contribution in [0.5, 0.6) is 5.75 Å². The molecule has 0 saturated heterocycles. The van der Waals surface area contributed by atoms with Crippen molar-refractivity contribution in [2.24, 2.45) is 0 Å². The van der Waals surface area contributed by atoms with E-state index in [0.29, 0.717) is 5.56 Å². The summed E-state index contributed by atoms with van der Waals surface area (Å²) in [4.78, 5) is 13.0. The topological polar surface area (TPSA) is 84.5 Å². The van der Waals surface area contributed by atoms with Crippen LogP contribution in [0.15, 0.2) is 47.4 Å². The van der Waals surface area contributed by atoms with Crippen molar-refractivity contribution in [1.29, 1.82) is 0 Å². The maximum absolute atomic E-state index is 13.0. The number of sulfonamides is 1. The van der Waals surface area contributed by atoms with Crippen LogP contribution in [-0.4, -0.2) is 27.5 Å². The minimum Gasteiger partial charge on any atom is -0.495 e. The summed E-state index contributed by atoms with van der Waals surface area (Å²) in [6, 6.07) is 12.6. The molecule has 1 fully saturated rings.